The average Bonchev–Trinajstić information content (AvgIpc) is 2.57. The number of hydrogen-bond donors (Lipinski definition) is 0. The molecule has 0 amide bonds. The van der Waals surface area contributed by atoms with Gasteiger partial charge in [0.2, 0.25) is 0 Å². The Bertz CT molecular complexity index is 743. The molecule has 0 aliphatic heterocycles. The molecular formula is C20H17N. The number of benzene rings is 3. The fourth-order valence-electron chi connectivity index (χ4n) is 2.45. The lowest BCUT2D eigenvalue weighted by Gasteiger charge is -2.09. The van der Waals surface area contributed by atoms with Crippen LogP contribution in [0.15, 0.2) is 83.9 Å². The van der Waals surface area contributed by atoms with Crippen LogP contribution >= 0.6 is 0 Å². The number of nitrogens with zero attached hydrogens (tertiary/aromatic N) is 1. The van der Waals surface area contributed by atoms with Gasteiger partial charge < -0.3 is 0 Å². The maximum Gasteiger partial charge on any atom is 0.0704 e. The summed E-state index contributed by atoms with van der Waals surface area (Å²) < 4.78 is 0. The van der Waals surface area contributed by atoms with Crippen LogP contribution in [0.4, 0.5) is 5.69 Å². The fraction of sp³-hybridized carbons (Fsp3) is 0.0500. The fourth-order valence-corrected chi connectivity index (χ4v) is 2.45. The van der Waals surface area contributed by atoms with Gasteiger partial charge in [-0.3, -0.25) is 4.99 Å². The van der Waals surface area contributed by atoms with Crippen LogP contribution in [0.25, 0.3) is 22.3 Å². The molecular weight excluding hydrogens is 254 g/mol. The molecule has 1 nitrogen and oxygen atoms in total. The molecule has 0 aromatic heterocycles. The topological polar surface area (TPSA) is 12.4 Å². The Balaban J connectivity index is 2.16. The molecule has 0 bridgehead atoms. The minimum absolute atomic E-state index is 1.00. The molecule has 0 aliphatic rings. The van der Waals surface area contributed by atoms with Gasteiger partial charge in [0.15, 0.2) is 0 Å². The molecule has 3 rings (SSSR count). The highest BCUT2D eigenvalue weighted by atomic mass is 14.7. The zero-order chi connectivity index (χ0) is 14.5. The summed E-state index contributed by atoms with van der Waals surface area (Å²) >= 11 is 0. The van der Waals surface area contributed by atoms with Gasteiger partial charge in [0, 0.05) is 11.8 Å². The molecule has 0 heterocycles. The summed E-state index contributed by atoms with van der Waals surface area (Å²) in [4.78, 5) is 4.49. The van der Waals surface area contributed by atoms with Crippen LogP contribution in [0.1, 0.15) is 6.92 Å². The Morgan fingerprint density at radius 2 is 1.29 bits per heavy atom. The van der Waals surface area contributed by atoms with Crippen LogP contribution < -0.4 is 0 Å². The molecule has 0 N–H and O–H groups in total. The molecule has 102 valence electrons. The van der Waals surface area contributed by atoms with Crippen molar-refractivity contribution in [3.05, 3.63) is 78.9 Å². The summed E-state index contributed by atoms with van der Waals surface area (Å²) in [5.41, 5.74) is 5.79. The molecule has 0 atom stereocenters. The van der Waals surface area contributed by atoms with E-state index in [1.165, 1.54) is 16.7 Å². The molecule has 0 spiro atoms. The van der Waals surface area contributed by atoms with E-state index in [0.717, 1.165) is 11.3 Å². The largest absolute Gasteiger partial charge is 0.261 e. The Morgan fingerprint density at radius 3 is 1.90 bits per heavy atom. The third-order valence-corrected chi connectivity index (χ3v) is 3.46. The summed E-state index contributed by atoms with van der Waals surface area (Å²) in [5, 5.41) is 0. The standard InChI is InChI=1S/C20H17N/c1-2-21-20-14-13-18(16-9-5-3-6-10-16)15-19(20)17-11-7-4-8-12-17/h2-15H,1H3. The molecule has 0 unspecified atom stereocenters. The van der Waals surface area contributed by atoms with E-state index in [0.29, 0.717) is 0 Å². The predicted molar refractivity (Wildman–Crippen MR) is 91.1 cm³/mol. The zero-order valence-electron chi connectivity index (χ0n) is 12.0. The number of rotatable bonds is 3. The molecule has 0 saturated carbocycles. The highest BCUT2D eigenvalue weighted by Gasteiger charge is 2.06. The quantitative estimate of drug-likeness (QED) is 0.538. The molecule has 0 aliphatic carbocycles. The third-order valence-electron chi connectivity index (χ3n) is 3.46. The average molecular weight is 271 g/mol. The number of aliphatic imine (C=N–C) groups is 1. The van der Waals surface area contributed by atoms with E-state index in [9.17, 15) is 0 Å². The highest BCUT2D eigenvalue weighted by molar-refractivity contribution is 5.83. The van der Waals surface area contributed by atoms with Crippen molar-refractivity contribution in [3.63, 3.8) is 0 Å². The Labute approximate surface area is 125 Å². The smallest absolute Gasteiger partial charge is 0.0704 e. The van der Waals surface area contributed by atoms with Gasteiger partial charge in [0.25, 0.3) is 0 Å². The van der Waals surface area contributed by atoms with Crippen molar-refractivity contribution in [3.8, 4) is 22.3 Å². The van der Waals surface area contributed by atoms with Crippen LogP contribution in [0.5, 0.6) is 0 Å². The van der Waals surface area contributed by atoms with Gasteiger partial charge in [-0.2, -0.15) is 0 Å². The van der Waals surface area contributed by atoms with E-state index in [-0.39, 0.29) is 0 Å². The van der Waals surface area contributed by atoms with Crippen molar-refractivity contribution in [2.45, 2.75) is 6.92 Å². The maximum absolute atomic E-state index is 4.49. The predicted octanol–water partition coefficient (Wildman–Crippen LogP) is 5.74. The second kappa shape index (κ2) is 6.19. The molecule has 0 fully saturated rings. The normalized spacial score (nSPS) is 10.9. The van der Waals surface area contributed by atoms with Crippen molar-refractivity contribution < 1.29 is 0 Å². The lowest BCUT2D eigenvalue weighted by molar-refractivity contribution is 1.50. The molecule has 3 aromatic rings. The van der Waals surface area contributed by atoms with Crippen LogP contribution in [0.2, 0.25) is 0 Å². The van der Waals surface area contributed by atoms with Crippen molar-refractivity contribution >= 4 is 11.9 Å². The summed E-state index contributed by atoms with van der Waals surface area (Å²) in [7, 11) is 0. The Morgan fingerprint density at radius 1 is 0.667 bits per heavy atom. The summed E-state index contributed by atoms with van der Waals surface area (Å²) in [6.07, 6.45) is 1.84. The van der Waals surface area contributed by atoms with Gasteiger partial charge in [0.1, 0.15) is 0 Å². The van der Waals surface area contributed by atoms with E-state index < -0.39 is 0 Å². The van der Waals surface area contributed by atoms with Crippen LogP contribution in [0.3, 0.4) is 0 Å². The SMILES string of the molecule is CC=Nc1ccc(-c2ccccc2)cc1-c1ccccc1. The van der Waals surface area contributed by atoms with Gasteiger partial charge >= 0.3 is 0 Å². The van der Waals surface area contributed by atoms with E-state index in [1.807, 2.05) is 25.3 Å². The molecule has 0 radical (unpaired) electrons. The van der Waals surface area contributed by atoms with Crippen LogP contribution in [-0.4, -0.2) is 6.21 Å². The van der Waals surface area contributed by atoms with E-state index in [2.05, 4.69) is 71.7 Å². The number of hydrogen-bond acceptors (Lipinski definition) is 1. The first-order valence-corrected chi connectivity index (χ1v) is 7.12. The first kappa shape index (κ1) is 13.3. The van der Waals surface area contributed by atoms with Crippen LogP contribution in [-0.2, 0) is 0 Å². The van der Waals surface area contributed by atoms with Crippen molar-refractivity contribution in [1.29, 1.82) is 0 Å². The van der Waals surface area contributed by atoms with Gasteiger partial charge in [-0.25, -0.2) is 0 Å². The Hall–Kier alpha value is -2.67. The molecule has 3 aromatic carbocycles. The van der Waals surface area contributed by atoms with Gasteiger partial charge in [-0.05, 0) is 35.7 Å². The van der Waals surface area contributed by atoms with Crippen molar-refractivity contribution in [2.24, 2.45) is 4.99 Å². The van der Waals surface area contributed by atoms with Gasteiger partial charge in [-0.15, -0.1) is 0 Å². The minimum Gasteiger partial charge on any atom is -0.261 e. The second-order valence-corrected chi connectivity index (χ2v) is 4.85. The van der Waals surface area contributed by atoms with Gasteiger partial charge in [0.05, 0.1) is 5.69 Å². The second-order valence-electron chi connectivity index (χ2n) is 4.85. The lowest BCUT2D eigenvalue weighted by Crippen LogP contribution is -1.83. The maximum atomic E-state index is 4.49. The minimum atomic E-state index is 1.00. The Kier molecular flexibility index (Phi) is 3.92. The zero-order valence-corrected chi connectivity index (χ0v) is 12.0. The first-order chi connectivity index (χ1) is 10.4. The van der Waals surface area contributed by atoms with Crippen molar-refractivity contribution in [1.82, 2.24) is 0 Å². The summed E-state index contributed by atoms with van der Waals surface area (Å²) in [5.74, 6) is 0. The summed E-state index contributed by atoms with van der Waals surface area (Å²) in [6, 6.07) is 27.3. The molecule has 1 heteroatoms. The van der Waals surface area contributed by atoms with E-state index in [4.69, 9.17) is 0 Å². The van der Waals surface area contributed by atoms with Crippen molar-refractivity contribution in [2.75, 3.05) is 0 Å². The molecule has 0 saturated heterocycles. The van der Waals surface area contributed by atoms with E-state index in [1.54, 1.807) is 0 Å². The first-order valence-electron chi connectivity index (χ1n) is 7.12. The lowest BCUT2D eigenvalue weighted by atomic mass is 9.97. The molecule has 21 heavy (non-hydrogen) atoms. The third kappa shape index (κ3) is 2.92. The highest BCUT2D eigenvalue weighted by Crippen LogP contribution is 2.34. The monoisotopic (exact) mass is 271 g/mol. The van der Waals surface area contributed by atoms with E-state index >= 15 is 0 Å². The van der Waals surface area contributed by atoms with Crippen LogP contribution in [0, 0.1) is 0 Å². The summed E-state index contributed by atoms with van der Waals surface area (Å²) in [6.45, 7) is 1.94. The van der Waals surface area contributed by atoms with Gasteiger partial charge in [-0.1, -0.05) is 66.7 Å².